The quantitative estimate of drug-likeness (QED) is 0.811. The Morgan fingerprint density at radius 1 is 1.47 bits per heavy atom. The molecule has 92 valence electrons. The van der Waals surface area contributed by atoms with Crippen LogP contribution in [0.15, 0.2) is 12.4 Å². The first-order valence-electron chi connectivity index (χ1n) is 6.31. The summed E-state index contributed by atoms with van der Waals surface area (Å²) in [5.41, 5.74) is 0. The Labute approximate surface area is 101 Å². The number of rotatable bonds is 4. The smallest absolute Gasteiger partial charge is 0.236 e. The lowest BCUT2D eigenvalue weighted by Crippen LogP contribution is -2.43. The molecule has 0 saturated heterocycles. The van der Waals surface area contributed by atoms with Gasteiger partial charge in [0.05, 0.1) is 13.1 Å². The Hall–Kier alpha value is -1.36. The van der Waals surface area contributed by atoms with Crippen LogP contribution >= 0.6 is 0 Å². The number of aromatic nitrogens is 2. The highest BCUT2D eigenvalue weighted by molar-refractivity contribution is 5.78. The predicted molar refractivity (Wildman–Crippen MR) is 63.2 cm³/mol. The van der Waals surface area contributed by atoms with Crippen LogP contribution in [0.3, 0.4) is 0 Å². The van der Waals surface area contributed by atoms with Crippen molar-refractivity contribution in [2.24, 2.45) is 5.92 Å². The minimum atomic E-state index is 0.194. The first-order valence-corrected chi connectivity index (χ1v) is 6.31. The van der Waals surface area contributed by atoms with Crippen LogP contribution in [-0.2, 0) is 17.9 Å². The van der Waals surface area contributed by atoms with Crippen LogP contribution in [0.5, 0.6) is 0 Å². The summed E-state index contributed by atoms with van der Waals surface area (Å²) in [4.78, 5) is 18.1. The van der Waals surface area contributed by atoms with E-state index < -0.39 is 0 Å². The molecule has 1 amide bonds. The first kappa shape index (κ1) is 10.8. The van der Waals surface area contributed by atoms with Crippen molar-refractivity contribution in [2.45, 2.75) is 25.9 Å². The molecule has 1 aromatic rings. The van der Waals surface area contributed by atoms with Gasteiger partial charge in [0.15, 0.2) is 0 Å². The largest absolute Gasteiger partial charge is 0.332 e. The normalized spacial score (nSPS) is 19.2. The van der Waals surface area contributed by atoms with Crippen LogP contribution in [0.4, 0.5) is 0 Å². The number of carbonyl (C=O) groups excluding carboxylic acids is 1. The Bertz CT molecular complexity index is 410. The maximum absolute atomic E-state index is 12.0. The number of hydrogen-bond acceptors (Lipinski definition) is 3. The molecule has 1 fully saturated rings. The Balaban J connectivity index is 1.49. The zero-order valence-corrected chi connectivity index (χ0v) is 9.93. The molecule has 0 radical (unpaired) electrons. The van der Waals surface area contributed by atoms with E-state index in [2.05, 4.69) is 14.9 Å². The number of imidazole rings is 1. The molecule has 5 heteroatoms. The van der Waals surface area contributed by atoms with Crippen molar-refractivity contribution in [3.63, 3.8) is 0 Å². The predicted octanol–water partition coefficient (Wildman–Crippen LogP) is 0.225. The minimum Gasteiger partial charge on any atom is -0.332 e. The van der Waals surface area contributed by atoms with E-state index in [1.165, 1.54) is 12.8 Å². The van der Waals surface area contributed by atoms with Crippen LogP contribution in [0.25, 0.3) is 0 Å². The average Bonchev–Trinajstić information content (AvgIpc) is 3.04. The van der Waals surface area contributed by atoms with Gasteiger partial charge in [-0.2, -0.15) is 0 Å². The highest BCUT2D eigenvalue weighted by atomic mass is 16.2. The van der Waals surface area contributed by atoms with Gasteiger partial charge in [-0.25, -0.2) is 4.98 Å². The van der Waals surface area contributed by atoms with Crippen LogP contribution in [0, 0.1) is 5.92 Å². The molecular weight excluding hydrogens is 216 g/mol. The standard InChI is InChI=1S/C12H18N4O/c17-12(8-13-7-10-1-2-10)16-6-5-15-4-3-14-11(15)9-16/h3-4,10,13H,1-2,5-9H2. The summed E-state index contributed by atoms with van der Waals surface area (Å²) in [6, 6.07) is 0. The van der Waals surface area contributed by atoms with Crippen LogP contribution in [0.1, 0.15) is 18.7 Å². The van der Waals surface area contributed by atoms with Gasteiger partial charge in [0.1, 0.15) is 5.82 Å². The van der Waals surface area contributed by atoms with Gasteiger partial charge in [-0.3, -0.25) is 4.79 Å². The number of nitrogens with zero attached hydrogens (tertiary/aromatic N) is 3. The second-order valence-electron chi connectivity index (χ2n) is 4.93. The number of nitrogens with one attached hydrogen (secondary N) is 1. The molecule has 1 aromatic heterocycles. The van der Waals surface area contributed by atoms with Gasteiger partial charge < -0.3 is 14.8 Å². The summed E-state index contributed by atoms with van der Waals surface area (Å²) in [6.07, 6.45) is 6.42. The molecule has 2 heterocycles. The monoisotopic (exact) mass is 234 g/mol. The summed E-state index contributed by atoms with van der Waals surface area (Å²) < 4.78 is 2.11. The van der Waals surface area contributed by atoms with E-state index in [-0.39, 0.29) is 5.91 Å². The average molecular weight is 234 g/mol. The number of hydrogen-bond donors (Lipinski definition) is 1. The molecule has 1 aliphatic carbocycles. The third-order valence-electron chi connectivity index (χ3n) is 3.50. The summed E-state index contributed by atoms with van der Waals surface area (Å²) in [7, 11) is 0. The molecule has 1 N–H and O–H groups in total. The summed E-state index contributed by atoms with van der Waals surface area (Å²) in [5.74, 6) is 2.01. The van der Waals surface area contributed by atoms with E-state index >= 15 is 0 Å². The van der Waals surface area contributed by atoms with E-state index in [9.17, 15) is 4.79 Å². The first-order chi connectivity index (χ1) is 8.33. The number of fused-ring (bicyclic) bond motifs is 1. The molecule has 1 saturated carbocycles. The van der Waals surface area contributed by atoms with Crippen LogP contribution in [-0.4, -0.2) is 40.0 Å². The van der Waals surface area contributed by atoms with Gasteiger partial charge in [0.2, 0.25) is 5.91 Å². The highest BCUT2D eigenvalue weighted by Gasteiger charge is 2.23. The lowest BCUT2D eigenvalue weighted by Gasteiger charge is -2.27. The molecule has 2 aliphatic rings. The Morgan fingerprint density at radius 3 is 3.18 bits per heavy atom. The van der Waals surface area contributed by atoms with Gasteiger partial charge in [-0.05, 0) is 25.3 Å². The fourth-order valence-electron chi connectivity index (χ4n) is 2.20. The molecule has 0 spiro atoms. The lowest BCUT2D eigenvalue weighted by atomic mass is 10.3. The second-order valence-corrected chi connectivity index (χ2v) is 4.93. The molecular formula is C12H18N4O. The van der Waals surface area contributed by atoms with Crippen LogP contribution < -0.4 is 5.32 Å². The van der Waals surface area contributed by atoms with Gasteiger partial charge in [0.25, 0.3) is 0 Å². The number of carbonyl (C=O) groups is 1. The van der Waals surface area contributed by atoms with Crippen molar-refractivity contribution in [3.8, 4) is 0 Å². The van der Waals surface area contributed by atoms with Gasteiger partial charge in [-0.1, -0.05) is 0 Å². The van der Waals surface area contributed by atoms with Crippen molar-refractivity contribution in [2.75, 3.05) is 19.6 Å². The van der Waals surface area contributed by atoms with E-state index in [1.54, 1.807) is 6.20 Å². The summed E-state index contributed by atoms with van der Waals surface area (Å²) in [6.45, 7) is 3.78. The molecule has 3 rings (SSSR count). The molecule has 0 atom stereocenters. The molecule has 0 bridgehead atoms. The summed E-state index contributed by atoms with van der Waals surface area (Å²) >= 11 is 0. The maximum atomic E-state index is 12.0. The third-order valence-corrected chi connectivity index (χ3v) is 3.50. The molecule has 5 nitrogen and oxygen atoms in total. The minimum absolute atomic E-state index is 0.194. The fraction of sp³-hybridized carbons (Fsp3) is 0.667. The maximum Gasteiger partial charge on any atom is 0.236 e. The lowest BCUT2D eigenvalue weighted by molar-refractivity contribution is -0.131. The van der Waals surface area contributed by atoms with Crippen molar-refractivity contribution in [1.82, 2.24) is 19.8 Å². The van der Waals surface area contributed by atoms with Crippen molar-refractivity contribution >= 4 is 5.91 Å². The van der Waals surface area contributed by atoms with Crippen molar-refractivity contribution in [1.29, 1.82) is 0 Å². The second kappa shape index (κ2) is 4.49. The zero-order chi connectivity index (χ0) is 11.7. The summed E-state index contributed by atoms with van der Waals surface area (Å²) in [5, 5.41) is 3.24. The SMILES string of the molecule is O=C(CNCC1CC1)N1CCn2ccnc2C1. The number of amides is 1. The van der Waals surface area contributed by atoms with E-state index in [1.807, 2.05) is 11.1 Å². The van der Waals surface area contributed by atoms with Gasteiger partial charge in [-0.15, -0.1) is 0 Å². The van der Waals surface area contributed by atoms with Crippen molar-refractivity contribution < 1.29 is 4.79 Å². The Morgan fingerprint density at radius 2 is 2.35 bits per heavy atom. The zero-order valence-electron chi connectivity index (χ0n) is 9.93. The van der Waals surface area contributed by atoms with E-state index in [0.29, 0.717) is 13.1 Å². The molecule has 1 aliphatic heterocycles. The third kappa shape index (κ3) is 2.49. The highest BCUT2D eigenvalue weighted by Crippen LogP contribution is 2.27. The fourth-order valence-corrected chi connectivity index (χ4v) is 2.20. The molecule has 17 heavy (non-hydrogen) atoms. The van der Waals surface area contributed by atoms with E-state index in [4.69, 9.17) is 0 Å². The van der Waals surface area contributed by atoms with Gasteiger partial charge >= 0.3 is 0 Å². The van der Waals surface area contributed by atoms with Crippen LogP contribution in [0.2, 0.25) is 0 Å². The molecule has 0 aromatic carbocycles. The van der Waals surface area contributed by atoms with Crippen molar-refractivity contribution in [3.05, 3.63) is 18.2 Å². The molecule has 0 unspecified atom stereocenters. The van der Waals surface area contributed by atoms with E-state index in [0.717, 1.165) is 31.4 Å². The Kier molecular flexibility index (Phi) is 2.84. The topological polar surface area (TPSA) is 50.2 Å². The van der Waals surface area contributed by atoms with Gasteiger partial charge in [0, 0.05) is 25.5 Å².